The van der Waals surface area contributed by atoms with Crippen LogP contribution in [0, 0.1) is 6.92 Å². The van der Waals surface area contributed by atoms with Gasteiger partial charge >= 0.3 is 0 Å². The minimum absolute atomic E-state index is 0.476. The Labute approximate surface area is 76.7 Å². The van der Waals surface area contributed by atoms with E-state index < -0.39 is 0 Å². The summed E-state index contributed by atoms with van der Waals surface area (Å²) >= 11 is 0. The van der Waals surface area contributed by atoms with Gasteiger partial charge in [0.25, 0.3) is 0 Å². The molecule has 0 unspecified atom stereocenters. The van der Waals surface area contributed by atoms with Gasteiger partial charge in [-0.3, -0.25) is 5.21 Å². The van der Waals surface area contributed by atoms with Gasteiger partial charge in [0.2, 0.25) is 0 Å². The second-order valence-corrected chi connectivity index (χ2v) is 3.11. The second-order valence-electron chi connectivity index (χ2n) is 3.11. The van der Waals surface area contributed by atoms with E-state index in [1.807, 2.05) is 19.1 Å². The van der Waals surface area contributed by atoms with Crippen LogP contribution in [0.2, 0.25) is 0 Å². The smallest absolute Gasteiger partial charge is 0.157 e. The predicted octanol–water partition coefficient (Wildman–Crippen LogP) is 1.12. The zero-order valence-electron chi connectivity index (χ0n) is 7.53. The summed E-state index contributed by atoms with van der Waals surface area (Å²) in [6, 6.07) is 3.85. The van der Waals surface area contributed by atoms with Crippen molar-refractivity contribution in [1.29, 1.82) is 0 Å². The fourth-order valence-corrected chi connectivity index (χ4v) is 1.35. The zero-order chi connectivity index (χ0) is 9.26. The Morgan fingerprint density at radius 1 is 1.54 bits per heavy atom. The lowest BCUT2D eigenvalue weighted by molar-refractivity contribution is 0.119. The van der Waals surface area contributed by atoms with E-state index in [1.165, 1.54) is 0 Å². The molecule has 4 nitrogen and oxygen atoms in total. The van der Waals surface area contributed by atoms with Crippen LogP contribution in [0.15, 0.2) is 12.1 Å². The van der Waals surface area contributed by atoms with Crippen molar-refractivity contribution < 1.29 is 9.94 Å². The first-order valence-corrected chi connectivity index (χ1v) is 4.28. The molecule has 4 heteroatoms. The Kier molecular flexibility index (Phi) is 2.16. The standard InChI is InChI=1S/C9H12N2O2/c1-7-2-3-8-6-13-5-4-11(12)9(8)10-7/h2-3,12H,4-6H2,1H3. The molecule has 1 aliphatic heterocycles. The molecule has 2 heterocycles. The summed E-state index contributed by atoms with van der Waals surface area (Å²) in [4.78, 5) is 4.25. The van der Waals surface area contributed by atoms with E-state index in [9.17, 15) is 5.21 Å². The highest BCUT2D eigenvalue weighted by molar-refractivity contribution is 5.45. The van der Waals surface area contributed by atoms with Gasteiger partial charge < -0.3 is 4.74 Å². The van der Waals surface area contributed by atoms with Gasteiger partial charge in [-0.1, -0.05) is 6.07 Å². The molecule has 0 saturated carbocycles. The Balaban J connectivity index is 2.43. The zero-order valence-corrected chi connectivity index (χ0v) is 7.53. The Bertz CT molecular complexity index is 314. The maximum absolute atomic E-state index is 9.56. The molecular weight excluding hydrogens is 168 g/mol. The largest absolute Gasteiger partial charge is 0.375 e. The van der Waals surface area contributed by atoms with Crippen LogP contribution >= 0.6 is 0 Å². The number of hydrogen-bond acceptors (Lipinski definition) is 4. The highest BCUT2D eigenvalue weighted by Crippen LogP contribution is 2.20. The minimum atomic E-state index is 0.476. The number of hydroxylamine groups is 1. The van der Waals surface area contributed by atoms with Crippen molar-refractivity contribution in [2.45, 2.75) is 13.5 Å². The van der Waals surface area contributed by atoms with Gasteiger partial charge in [0.15, 0.2) is 5.82 Å². The molecule has 1 aromatic rings. The summed E-state index contributed by atoms with van der Waals surface area (Å²) in [5, 5.41) is 10.7. The van der Waals surface area contributed by atoms with Crippen molar-refractivity contribution in [2.24, 2.45) is 0 Å². The van der Waals surface area contributed by atoms with E-state index in [-0.39, 0.29) is 0 Å². The van der Waals surface area contributed by atoms with Crippen molar-refractivity contribution in [1.82, 2.24) is 4.98 Å². The molecule has 70 valence electrons. The van der Waals surface area contributed by atoms with Crippen LogP contribution in [0.3, 0.4) is 0 Å². The van der Waals surface area contributed by atoms with Crippen LogP contribution in [0.1, 0.15) is 11.3 Å². The number of pyridine rings is 1. The van der Waals surface area contributed by atoms with E-state index in [4.69, 9.17) is 4.74 Å². The molecule has 0 spiro atoms. The average molecular weight is 180 g/mol. The molecule has 0 amide bonds. The molecule has 0 bridgehead atoms. The number of fused-ring (bicyclic) bond motifs is 1. The van der Waals surface area contributed by atoms with Gasteiger partial charge in [0, 0.05) is 11.3 Å². The van der Waals surface area contributed by atoms with Crippen LogP contribution < -0.4 is 5.06 Å². The van der Waals surface area contributed by atoms with Gasteiger partial charge in [-0.2, -0.15) is 0 Å². The lowest BCUT2D eigenvalue weighted by Crippen LogP contribution is -2.22. The third-order valence-electron chi connectivity index (χ3n) is 2.04. The van der Waals surface area contributed by atoms with Crippen molar-refractivity contribution in [2.75, 3.05) is 18.2 Å². The van der Waals surface area contributed by atoms with Crippen LogP contribution in [0.4, 0.5) is 5.82 Å². The van der Waals surface area contributed by atoms with E-state index >= 15 is 0 Å². The monoisotopic (exact) mass is 180 g/mol. The van der Waals surface area contributed by atoms with Gasteiger partial charge in [-0.05, 0) is 13.0 Å². The molecule has 0 aliphatic carbocycles. The first kappa shape index (κ1) is 8.47. The molecule has 13 heavy (non-hydrogen) atoms. The second kappa shape index (κ2) is 3.32. The highest BCUT2D eigenvalue weighted by atomic mass is 16.5. The lowest BCUT2D eigenvalue weighted by atomic mass is 10.2. The third-order valence-corrected chi connectivity index (χ3v) is 2.04. The first-order valence-electron chi connectivity index (χ1n) is 4.28. The Morgan fingerprint density at radius 2 is 2.38 bits per heavy atom. The number of nitrogens with zero attached hydrogens (tertiary/aromatic N) is 2. The average Bonchev–Trinajstić information content (AvgIpc) is 2.29. The van der Waals surface area contributed by atoms with Crippen LogP contribution in [-0.2, 0) is 11.3 Å². The van der Waals surface area contributed by atoms with E-state index in [2.05, 4.69) is 4.98 Å². The fourth-order valence-electron chi connectivity index (χ4n) is 1.35. The maximum Gasteiger partial charge on any atom is 0.157 e. The van der Waals surface area contributed by atoms with Gasteiger partial charge in [-0.15, -0.1) is 0 Å². The summed E-state index contributed by atoms with van der Waals surface area (Å²) < 4.78 is 5.29. The summed E-state index contributed by atoms with van der Waals surface area (Å²) in [5.41, 5.74) is 1.84. The molecular formula is C9H12N2O2. The molecule has 2 rings (SSSR count). The van der Waals surface area contributed by atoms with Crippen molar-refractivity contribution in [3.8, 4) is 0 Å². The van der Waals surface area contributed by atoms with Crippen molar-refractivity contribution in [3.05, 3.63) is 23.4 Å². The van der Waals surface area contributed by atoms with Gasteiger partial charge in [0.1, 0.15) is 0 Å². The minimum Gasteiger partial charge on any atom is -0.375 e. The quantitative estimate of drug-likeness (QED) is 0.649. The Hall–Kier alpha value is -1.13. The topological polar surface area (TPSA) is 45.6 Å². The molecule has 0 radical (unpaired) electrons. The summed E-state index contributed by atoms with van der Waals surface area (Å²) in [7, 11) is 0. The van der Waals surface area contributed by atoms with Crippen LogP contribution in [0.5, 0.6) is 0 Å². The van der Waals surface area contributed by atoms with Crippen molar-refractivity contribution in [3.63, 3.8) is 0 Å². The third kappa shape index (κ3) is 1.64. The molecule has 0 saturated heterocycles. The summed E-state index contributed by atoms with van der Waals surface area (Å²) in [6.07, 6.45) is 0. The fraction of sp³-hybridized carbons (Fsp3) is 0.444. The SMILES string of the molecule is Cc1ccc2c(n1)N(O)CCOC2. The summed E-state index contributed by atoms with van der Waals surface area (Å²) in [5.74, 6) is 0.623. The molecule has 1 aliphatic rings. The van der Waals surface area contributed by atoms with Gasteiger partial charge in [0.05, 0.1) is 19.8 Å². The van der Waals surface area contributed by atoms with E-state index in [1.54, 1.807) is 0 Å². The van der Waals surface area contributed by atoms with Crippen LogP contribution in [0.25, 0.3) is 0 Å². The van der Waals surface area contributed by atoms with E-state index in [0.29, 0.717) is 25.6 Å². The molecule has 1 N–H and O–H groups in total. The molecule has 1 aromatic heterocycles. The van der Waals surface area contributed by atoms with Gasteiger partial charge in [-0.25, -0.2) is 10.0 Å². The lowest BCUT2D eigenvalue weighted by Gasteiger charge is -2.14. The number of ether oxygens (including phenoxy) is 1. The van der Waals surface area contributed by atoms with Crippen molar-refractivity contribution >= 4 is 5.82 Å². The normalized spacial score (nSPS) is 16.6. The molecule has 0 aromatic carbocycles. The predicted molar refractivity (Wildman–Crippen MR) is 47.8 cm³/mol. The Morgan fingerprint density at radius 3 is 3.23 bits per heavy atom. The molecule has 0 fully saturated rings. The number of rotatable bonds is 0. The summed E-state index contributed by atoms with van der Waals surface area (Å²) in [6.45, 7) is 3.44. The first-order chi connectivity index (χ1) is 6.27. The van der Waals surface area contributed by atoms with Crippen LogP contribution in [-0.4, -0.2) is 23.3 Å². The highest BCUT2D eigenvalue weighted by Gasteiger charge is 2.14. The number of hydrogen-bond donors (Lipinski definition) is 1. The number of aromatic nitrogens is 1. The number of anilines is 1. The molecule has 0 atom stereocenters. The maximum atomic E-state index is 9.56. The number of aryl methyl sites for hydroxylation is 1. The van der Waals surface area contributed by atoms with E-state index in [0.717, 1.165) is 16.3 Å².